The number of likely N-dealkylation sites (tertiary alicyclic amines) is 1. The maximum Gasteiger partial charge on any atom is 0.395 e. The molecule has 2 nitrogen and oxygen atoms in total. The average Bonchev–Trinajstić information content (AvgIpc) is 2.47. The van der Waals surface area contributed by atoms with E-state index in [0.29, 0.717) is 25.9 Å². The van der Waals surface area contributed by atoms with Crippen LogP contribution in [-0.4, -0.2) is 41.9 Å². The summed E-state index contributed by atoms with van der Waals surface area (Å²) < 4.78 is 40.6. The van der Waals surface area contributed by atoms with Crippen molar-refractivity contribution in [3.63, 3.8) is 0 Å². The van der Waals surface area contributed by atoms with Crippen LogP contribution in [0, 0.1) is 11.3 Å². The van der Waals surface area contributed by atoms with Gasteiger partial charge in [-0.05, 0) is 51.1 Å². The lowest BCUT2D eigenvalue weighted by Crippen LogP contribution is -2.51. The molecule has 1 aliphatic heterocycles. The molecule has 1 N–H and O–H groups in total. The van der Waals surface area contributed by atoms with Crippen molar-refractivity contribution in [2.45, 2.75) is 70.6 Å². The summed E-state index contributed by atoms with van der Waals surface area (Å²) in [6.07, 6.45) is 0.897. The van der Waals surface area contributed by atoms with E-state index in [-0.39, 0.29) is 31.4 Å². The third-order valence-corrected chi connectivity index (χ3v) is 5.53. The molecule has 1 aliphatic carbocycles. The Labute approximate surface area is 125 Å². The minimum Gasteiger partial charge on any atom is -0.393 e. The number of hydrogen-bond acceptors (Lipinski definition) is 2. The van der Waals surface area contributed by atoms with E-state index in [1.807, 2.05) is 11.8 Å². The third kappa shape index (κ3) is 3.92. The third-order valence-electron chi connectivity index (χ3n) is 5.53. The molecule has 1 saturated heterocycles. The van der Waals surface area contributed by atoms with E-state index < -0.39 is 11.6 Å². The summed E-state index contributed by atoms with van der Waals surface area (Å²) in [4.78, 5) is 1.98. The van der Waals surface area contributed by atoms with Crippen LogP contribution in [0.2, 0.25) is 0 Å². The van der Waals surface area contributed by atoms with Crippen LogP contribution in [0.25, 0.3) is 0 Å². The van der Waals surface area contributed by atoms with Gasteiger partial charge >= 0.3 is 6.18 Å². The second-order valence-electron chi connectivity index (χ2n) is 6.93. The van der Waals surface area contributed by atoms with Crippen molar-refractivity contribution in [1.82, 2.24) is 4.90 Å². The number of hydrogen-bond donors (Lipinski definition) is 1. The molecular weight excluding hydrogens is 279 g/mol. The summed E-state index contributed by atoms with van der Waals surface area (Å²) in [5.41, 5.74) is -1.48. The topological polar surface area (TPSA) is 23.5 Å². The summed E-state index contributed by atoms with van der Waals surface area (Å²) in [6.45, 7) is 3.50. The molecular formula is C16H28F3NO. The van der Waals surface area contributed by atoms with Crippen LogP contribution in [0.5, 0.6) is 0 Å². The van der Waals surface area contributed by atoms with Crippen LogP contribution < -0.4 is 0 Å². The van der Waals surface area contributed by atoms with Gasteiger partial charge in [0.1, 0.15) is 0 Å². The quantitative estimate of drug-likeness (QED) is 0.849. The van der Waals surface area contributed by atoms with E-state index in [9.17, 15) is 18.3 Å². The zero-order valence-corrected chi connectivity index (χ0v) is 13.0. The Morgan fingerprint density at radius 1 is 1.14 bits per heavy atom. The Morgan fingerprint density at radius 3 is 2.19 bits per heavy atom. The van der Waals surface area contributed by atoms with Crippen LogP contribution in [0.3, 0.4) is 0 Å². The fourth-order valence-corrected chi connectivity index (χ4v) is 4.02. The minimum atomic E-state index is -4.09. The number of aliphatic hydroxyl groups excluding tert-OH is 1. The van der Waals surface area contributed by atoms with E-state index in [1.165, 1.54) is 0 Å². The van der Waals surface area contributed by atoms with Crippen LogP contribution in [0.15, 0.2) is 0 Å². The molecule has 0 aromatic carbocycles. The van der Waals surface area contributed by atoms with Gasteiger partial charge in [-0.3, -0.25) is 0 Å². The van der Waals surface area contributed by atoms with Gasteiger partial charge in [-0.15, -0.1) is 0 Å². The van der Waals surface area contributed by atoms with Gasteiger partial charge in [0.2, 0.25) is 0 Å². The van der Waals surface area contributed by atoms with Gasteiger partial charge in [-0.2, -0.15) is 13.2 Å². The number of alkyl halides is 3. The zero-order chi connectivity index (χ0) is 15.5. The van der Waals surface area contributed by atoms with E-state index in [1.54, 1.807) is 0 Å². The van der Waals surface area contributed by atoms with Crippen molar-refractivity contribution in [3.05, 3.63) is 0 Å². The molecule has 2 fully saturated rings. The molecule has 5 heteroatoms. The molecule has 0 aromatic heterocycles. The predicted octanol–water partition coefficient (Wildman–Crippen LogP) is 3.98. The van der Waals surface area contributed by atoms with Crippen molar-refractivity contribution in [2.75, 3.05) is 19.6 Å². The van der Waals surface area contributed by atoms with E-state index in [4.69, 9.17) is 0 Å². The van der Waals surface area contributed by atoms with Gasteiger partial charge in [0.05, 0.1) is 11.5 Å². The maximum atomic E-state index is 13.5. The highest BCUT2D eigenvalue weighted by atomic mass is 19.4. The highest BCUT2D eigenvalue weighted by molar-refractivity contribution is 4.93. The molecule has 1 saturated carbocycles. The molecule has 124 valence electrons. The molecule has 1 atom stereocenters. The summed E-state index contributed by atoms with van der Waals surface area (Å²) >= 11 is 0. The minimum absolute atomic E-state index is 0.158. The fourth-order valence-electron chi connectivity index (χ4n) is 4.02. The number of piperidine rings is 1. The first-order valence-corrected chi connectivity index (χ1v) is 8.35. The normalized spacial score (nSPS) is 26.7. The molecule has 1 unspecified atom stereocenters. The molecule has 0 bridgehead atoms. The predicted molar refractivity (Wildman–Crippen MR) is 77.0 cm³/mol. The molecule has 0 radical (unpaired) electrons. The molecule has 2 rings (SSSR count). The number of aliphatic hydroxyl groups is 1. The van der Waals surface area contributed by atoms with Crippen molar-refractivity contribution < 1.29 is 18.3 Å². The highest BCUT2D eigenvalue weighted by Gasteiger charge is 2.55. The lowest BCUT2D eigenvalue weighted by Gasteiger charge is -2.44. The van der Waals surface area contributed by atoms with E-state index >= 15 is 0 Å². The summed E-state index contributed by atoms with van der Waals surface area (Å²) in [5, 5.41) is 9.87. The maximum absolute atomic E-state index is 13.5. The highest BCUT2D eigenvalue weighted by Crippen LogP contribution is 2.49. The van der Waals surface area contributed by atoms with Crippen LogP contribution >= 0.6 is 0 Å². The SMILES string of the molecule is CCC(O)C1CCN(CC2(C(F)(F)F)CCCCC2)CC1. The van der Waals surface area contributed by atoms with Crippen molar-refractivity contribution in [1.29, 1.82) is 0 Å². The number of nitrogens with zero attached hydrogens (tertiary/aromatic N) is 1. The van der Waals surface area contributed by atoms with Crippen molar-refractivity contribution in [3.8, 4) is 0 Å². The van der Waals surface area contributed by atoms with Crippen molar-refractivity contribution >= 4 is 0 Å². The van der Waals surface area contributed by atoms with Gasteiger partial charge < -0.3 is 10.0 Å². The van der Waals surface area contributed by atoms with Crippen molar-refractivity contribution in [2.24, 2.45) is 11.3 Å². The fraction of sp³-hybridized carbons (Fsp3) is 1.00. The Hall–Kier alpha value is -0.290. The first-order valence-electron chi connectivity index (χ1n) is 8.35. The average molecular weight is 307 g/mol. The first-order chi connectivity index (χ1) is 9.88. The standard InChI is InChI=1S/C16H28F3NO/c1-2-14(21)13-6-10-20(11-7-13)12-15(16(17,18)19)8-4-3-5-9-15/h13-14,21H,2-12H2,1H3. The first kappa shape index (κ1) is 17.1. The zero-order valence-electron chi connectivity index (χ0n) is 13.0. The van der Waals surface area contributed by atoms with Gasteiger partial charge in [0.15, 0.2) is 0 Å². The molecule has 0 aromatic rings. The Kier molecular flexibility index (Phi) is 5.58. The number of rotatable bonds is 4. The van der Waals surface area contributed by atoms with Gasteiger partial charge in [-0.25, -0.2) is 0 Å². The van der Waals surface area contributed by atoms with E-state index in [2.05, 4.69) is 0 Å². The van der Waals surface area contributed by atoms with E-state index in [0.717, 1.165) is 25.7 Å². The molecule has 0 amide bonds. The second-order valence-corrected chi connectivity index (χ2v) is 6.93. The number of halogens is 3. The lowest BCUT2D eigenvalue weighted by atomic mass is 9.72. The van der Waals surface area contributed by atoms with Gasteiger partial charge in [0, 0.05) is 6.54 Å². The monoisotopic (exact) mass is 307 g/mol. The Balaban J connectivity index is 1.94. The largest absolute Gasteiger partial charge is 0.395 e. The second kappa shape index (κ2) is 6.86. The summed E-state index contributed by atoms with van der Waals surface area (Å²) in [7, 11) is 0. The lowest BCUT2D eigenvalue weighted by molar-refractivity contribution is -0.240. The van der Waals surface area contributed by atoms with Crippen LogP contribution in [0.1, 0.15) is 58.3 Å². The summed E-state index contributed by atoms with van der Waals surface area (Å²) in [5.74, 6) is 0.263. The Bertz CT molecular complexity index is 318. The smallest absolute Gasteiger partial charge is 0.393 e. The van der Waals surface area contributed by atoms with Crippen LogP contribution in [-0.2, 0) is 0 Å². The summed E-state index contributed by atoms with van der Waals surface area (Å²) in [6, 6.07) is 0. The molecule has 1 heterocycles. The van der Waals surface area contributed by atoms with Gasteiger partial charge in [-0.1, -0.05) is 26.2 Å². The van der Waals surface area contributed by atoms with Gasteiger partial charge in [0.25, 0.3) is 0 Å². The molecule has 0 spiro atoms. The molecule has 2 aliphatic rings. The van der Waals surface area contributed by atoms with Crippen LogP contribution in [0.4, 0.5) is 13.2 Å². The molecule has 21 heavy (non-hydrogen) atoms. The Morgan fingerprint density at radius 2 is 1.71 bits per heavy atom.